The van der Waals surface area contributed by atoms with Gasteiger partial charge in [0.2, 0.25) is 10.0 Å². The summed E-state index contributed by atoms with van der Waals surface area (Å²) in [5.74, 6) is 0.196. The van der Waals surface area contributed by atoms with E-state index >= 15 is 0 Å². The van der Waals surface area contributed by atoms with E-state index in [2.05, 4.69) is 21.9 Å². The summed E-state index contributed by atoms with van der Waals surface area (Å²) in [7, 11) is -3.72. The van der Waals surface area contributed by atoms with Crippen LogP contribution < -0.4 is 0 Å². The number of nitrogens with zero attached hydrogens (tertiary/aromatic N) is 4. The van der Waals surface area contributed by atoms with Crippen LogP contribution in [-0.2, 0) is 10.0 Å². The molecule has 0 aliphatic carbocycles. The summed E-state index contributed by atoms with van der Waals surface area (Å²) in [5.41, 5.74) is 4.22. The minimum Gasteiger partial charge on any atom is -0.360 e. The van der Waals surface area contributed by atoms with Gasteiger partial charge in [-0.2, -0.15) is 4.31 Å². The number of hydrogen-bond acceptors (Lipinski definition) is 5. The second-order valence-electron chi connectivity index (χ2n) is 8.20. The number of hydrogen-bond donors (Lipinski definition) is 0. The molecule has 32 heavy (non-hydrogen) atoms. The molecule has 9 heteroatoms. The molecule has 1 aromatic carbocycles. The van der Waals surface area contributed by atoms with E-state index in [4.69, 9.17) is 4.52 Å². The van der Waals surface area contributed by atoms with Crippen LogP contribution in [0.4, 0.5) is 0 Å². The Morgan fingerprint density at radius 2 is 1.56 bits per heavy atom. The molecule has 0 atom stereocenters. The lowest BCUT2D eigenvalue weighted by Crippen LogP contribution is -2.37. The summed E-state index contributed by atoms with van der Waals surface area (Å²) in [6.45, 7) is 8.73. The first-order valence-electron chi connectivity index (χ1n) is 10.7. The zero-order valence-electron chi connectivity index (χ0n) is 18.8. The van der Waals surface area contributed by atoms with Crippen molar-refractivity contribution >= 4 is 15.9 Å². The van der Waals surface area contributed by atoms with Gasteiger partial charge in [0.05, 0.1) is 0 Å². The standard InChI is InChI=1S/C23H28N4O4S/c1-16-6-7-17(2)27(16)21-10-8-20(9-11-21)23(28)25-12-5-13-26(15-14-25)32(29,30)22-18(3)24-31-19(22)4/h6-11H,5,12-15H2,1-4H3. The zero-order chi connectivity index (χ0) is 23.0. The van der Waals surface area contributed by atoms with Crippen LogP contribution in [0.25, 0.3) is 5.69 Å². The fourth-order valence-electron chi connectivity index (χ4n) is 4.32. The van der Waals surface area contributed by atoms with Gasteiger partial charge in [-0.25, -0.2) is 8.42 Å². The van der Waals surface area contributed by atoms with E-state index in [1.807, 2.05) is 38.1 Å². The van der Waals surface area contributed by atoms with Crippen molar-refractivity contribution in [3.8, 4) is 5.69 Å². The predicted octanol–water partition coefficient (Wildman–Crippen LogP) is 3.24. The van der Waals surface area contributed by atoms with Crippen molar-refractivity contribution in [2.75, 3.05) is 26.2 Å². The molecule has 1 amide bonds. The number of carbonyl (C=O) groups excluding carboxylic acids is 1. The SMILES string of the molecule is Cc1noc(C)c1S(=O)(=O)N1CCCN(C(=O)c2ccc(-n3c(C)ccc3C)cc2)CC1. The first kappa shape index (κ1) is 22.3. The molecule has 3 heterocycles. The van der Waals surface area contributed by atoms with E-state index in [1.54, 1.807) is 18.7 Å². The number of sulfonamides is 1. The molecule has 170 valence electrons. The van der Waals surface area contributed by atoms with Crippen molar-refractivity contribution in [1.82, 2.24) is 18.9 Å². The number of aromatic nitrogens is 2. The minimum absolute atomic E-state index is 0.0888. The minimum atomic E-state index is -3.72. The highest BCUT2D eigenvalue weighted by Gasteiger charge is 2.33. The molecule has 4 rings (SSSR count). The molecule has 0 N–H and O–H groups in total. The Kier molecular flexibility index (Phi) is 5.96. The van der Waals surface area contributed by atoms with Gasteiger partial charge in [-0.15, -0.1) is 0 Å². The molecular weight excluding hydrogens is 428 g/mol. The number of aryl methyl sites for hydroxylation is 4. The summed E-state index contributed by atoms with van der Waals surface area (Å²) in [6.07, 6.45) is 0.564. The molecule has 8 nitrogen and oxygen atoms in total. The number of amides is 1. The van der Waals surface area contributed by atoms with E-state index in [0.717, 1.165) is 17.1 Å². The van der Waals surface area contributed by atoms with E-state index in [1.165, 1.54) is 4.31 Å². The maximum absolute atomic E-state index is 13.1. The van der Waals surface area contributed by atoms with Crippen LogP contribution >= 0.6 is 0 Å². The Bertz CT molecular complexity index is 1200. The first-order valence-corrected chi connectivity index (χ1v) is 12.1. The Balaban J connectivity index is 1.48. The second kappa shape index (κ2) is 8.55. The van der Waals surface area contributed by atoms with E-state index in [9.17, 15) is 13.2 Å². The van der Waals surface area contributed by atoms with Crippen molar-refractivity contribution in [2.45, 2.75) is 39.0 Å². The molecule has 1 fully saturated rings. The van der Waals surface area contributed by atoms with Crippen molar-refractivity contribution in [1.29, 1.82) is 0 Å². The number of rotatable bonds is 4. The fourth-order valence-corrected chi connectivity index (χ4v) is 6.08. The summed E-state index contributed by atoms with van der Waals surface area (Å²) in [5, 5.41) is 3.77. The molecule has 0 saturated carbocycles. The van der Waals surface area contributed by atoms with E-state index in [0.29, 0.717) is 37.3 Å². The molecule has 0 bridgehead atoms. The highest BCUT2D eigenvalue weighted by molar-refractivity contribution is 7.89. The van der Waals surface area contributed by atoms with Crippen molar-refractivity contribution < 1.29 is 17.7 Å². The zero-order valence-corrected chi connectivity index (χ0v) is 19.6. The average Bonchev–Trinajstić information content (AvgIpc) is 3.16. The largest absolute Gasteiger partial charge is 0.360 e. The highest BCUT2D eigenvalue weighted by Crippen LogP contribution is 2.25. The third kappa shape index (κ3) is 3.98. The van der Waals surface area contributed by atoms with Crippen LogP contribution in [0.1, 0.15) is 39.6 Å². The normalized spacial score (nSPS) is 15.7. The van der Waals surface area contributed by atoms with Gasteiger partial charge >= 0.3 is 0 Å². The van der Waals surface area contributed by atoms with Gasteiger partial charge in [-0.05, 0) is 70.5 Å². The second-order valence-corrected chi connectivity index (χ2v) is 10.1. The molecule has 1 aliphatic heterocycles. The molecule has 0 radical (unpaired) electrons. The summed E-state index contributed by atoms with van der Waals surface area (Å²) in [4.78, 5) is 15.0. The van der Waals surface area contributed by atoms with Gasteiger partial charge in [0.25, 0.3) is 5.91 Å². The molecule has 0 unspecified atom stereocenters. The Labute approximate surface area is 188 Å². The quantitative estimate of drug-likeness (QED) is 0.601. The summed E-state index contributed by atoms with van der Waals surface area (Å²) in [6, 6.07) is 11.7. The molecule has 2 aromatic heterocycles. The van der Waals surface area contributed by atoms with Gasteiger partial charge in [-0.1, -0.05) is 5.16 Å². The molecule has 0 spiro atoms. The lowest BCUT2D eigenvalue weighted by atomic mass is 10.1. The summed E-state index contributed by atoms with van der Waals surface area (Å²) < 4.78 is 34.8. The van der Waals surface area contributed by atoms with E-state index < -0.39 is 10.0 Å². The van der Waals surface area contributed by atoms with Gasteiger partial charge in [0.15, 0.2) is 5.76 Å². The van der Waals surface area contributed by atoms with Crippen LogP contribution in [0.15, 0.2) is 45.8 Å². The third-order valence-electron chi connectivity index (χ3n) is 5.95. The smallest absolute Gasteiger partial charge is 0.253 e. The number of benzene rings is 1. The average molecular weight is 457 g/mol. The van der Waals surface area contributed by atoms with Gasteiger partial charge in [-0.3, -0.25) is 4.79 Å². The maximum atomic E-state index is 13.1. The van der Waals surface area contributed by atoms with Gasteiger partial charge < -0.3 is 14.0 Å². The van der Waals surface area contributed by atoms with Gasteiger partial charge in [0.1, 0.15) is 10.6 Å². The fraction of sp³-hybridized carbons (Fsp3) is 0.391. The number of carbonyl (C=O) groups is 1. The predicted molar refractivity (Wildman–Crippen MR) is 120 cm³/mol. The lowest BCUT2D eigenvalue weighted by Gasteiger charge is -2.22. The summed E-state index contributed by atoms with van der Waals surface area (Å²) >= 11 is 0. The Morgan fingerprint density at radius 3 is 2.16 bits per heavy atom. The van der Waals surface area contributed by atoms with Crippen molar-refractivity contribution in [3.05, 3.63) is 64.8 Å². The highest BCUT2D eigenvalue weighted by atomic mass is 32.2. The monoisotopic (exact) mass is 456 g/mol. The van der Waals surface area contributed by atoms with Crippen LogP contribution in [0.3, 0.4) is 0 Å². The Morgan fingerprint density at radius 1 is 0.906 bits per heavy atom. The third-order valence-corrected chi connectivity index (χ3v) is 8.10. The van der Waals surface area contributed by atoms with Crippen LogP contribution in [0.2, 0.25) is 0 Å². The molecule has 1 saturated heterocycles. The van der Waals surface area contributed by atoms with Crippen molar-refractivity contribution in [2.24, 2.45) is 0 Å². The first-order chi connectivity index (χ1) is 15.2. The molecule has 1 aliphatic rings. The Hall–Kier alpha value is -2.91. The van der Waals surface area contributed by atoms with Crippen LogP contribution in [0, 0.1) is 27.7 Å². The maximum Gasteiger partial charge on any atom is 0.253 e. The molecule has 3 aromatic rings. The molecular formula is C23H28N4O4S. The van der Waals surface area contributed by atoms with Crippen LogP contribution in [-0.4, -0.2) is 59.4 Å². The van der Waals surface area contributed by atoms with E-state index in [-0.39, 0.29) is 23.1 Å². The lowest BCUT2D eigenvalue weighted by molar-refractivity contribution is 0.0764. The van der Waals surface area contributed by atoms with Gasteiger partial charge in [0, 0.05) is 48.8 Å². The topological polar surface area (TPSA) is 88.7 Å². The van der Waals surface area contributed by atoms with Crippen LogP contribution in [0.5, 0.6) is 0 Å². The van der Waals surface area contributed by atoms with Crippen molar-refractivity contribution in [3.63, 3.8) is 0 Å².